The highest BCUT2D eigenvalue weighted by atomic mass is 16.5. The summed E-state index contributed by atoms with van der Waals surface area (Å²) >= 11 is 0. The van der Waals surface area contributed by atoms with E-state index in [2.05, 4.69) is 19.9 Å². The van der Waals surface area contributed by atoms with Crippen molar-refractivity contribution in [2.75, 3.05) is 24.7 Å². The molecule has 0 aromatic carbocycles. The van der Waals surface area contributed by atoms with Crippen LogP contribution in [0.4, 0.5) is 11.6 Å². The molecule has 1 saturated heterocycles. The third-order valence-electron chi connectivity index (χ3n) is 4.53. The van der Waals surface area contributed by atoms with Crippen LogP contribution >= 0.6 is 0 Å². The van der Waals surface area contributed by atoms with Gasteiger partial charge in [-0.25, -0.2) is 15.0 Å². The van der Waals surface area contributed by atoms with Gasteiger partial charge < -0.3 is 14.7 Å². The number of hydrogen-bond donors (Lipinski definition) is 1. The van der Waals surface area contributed by atoms with Gasteiger partial charge in [0.25, 0.3) is 0 Å². The van der Waals surface area contributed by atoms with Crippen molar-refractivity contribution in [3.05, 3.63) is 30.2 Å². The normalized spacial score (nSPS) is 20.0. The molecule has 4 heterocycles. The van der Waals surface area contributed by atoms with Gasteiger partial charge in [0.05, 0.1) is 36.8 Å². The molecule has 1 fully saturated rings. The lowest BCUT2D eigenvalue weighted by Crippen LogP contribution is -2.39. The van der Waals surface area contributed by atoms with Crippen molar-refractivity contribution >= 4 is 17.9 Å². The minimum Gasteiger partial charge on any atom is -0.384 e. The summed E-state index contributed by atoms with van der Waals surface area (Å²) < 4.78 is 5.52. The van der Waals surface area contributed by atoms with E-state index in [-0.39, 0.29) is 0 Å². The maximum atomic E-state index is 10.0. The van der Waals surface area contributed by atoms with Crippen molar-refractivity contribution < 1.29 is 9.84 Å². The van der Waals surface area contributed by atoms with Crippen LogP contribution in [-0.4, -0.2) is 52.1 Å². The van der Waals surface area contributed by atoms with Crippen LogP contribution in [0, 0.1) is 0 Å². The van der Waals surface area contributed by atoms with E-state index >= 15 is 0 Å². The molecular weight excluding hydrogens is 318 g/mol. The number of hydrogen-bond acceptors (Lipinski definition) is 7. The molecule has 7 nitrogen and oxygen atoms in total. The van der Waals surface area contributed by atoms with Gasteiger partial charge in [-0.05, 0) is 32.4 Å². The van der Waals surface area contributed by atoms with E-state index in [1.54, 1.807) is 26.2 Å². The van der Waals surface area contributed by atoms with Crippen LogP contribution in [0.3, 0.4) is 0 Å². The monoisotopic (exact) mass is 339 g/mol. The average molecular weight is 339 g/mol. The van der Waals surface area contributed by atoms with Gasteiger partial charge in [0, 0.05) is 24.6 Å². The summed E-state index contributed by atoms with van der Waals surface area (Å²) in [6.45, 7) is 5.64. The minimum absolute atomic E-state index is 0.311. The molecule has 0 spiro atoms. The predicted octanol–water partition coefficient (Wildman–Crippen LogP) is 2.08. The molecule has 0 radical (unpaired) electrons. The summed E-state index contributed by atoms with van der Waals surface area (Å²) in [5.41, 5.74) is 1.26. The summed E-state index contributed by atoms with van der Waals surface area (Å²) in [6.07, 6.45) is 6.29. The molecule has 25 heavy (non-hydrogen) atoms. The largest absolute Gasteiger partial charge is 0.384 e. The number of fused-ring (bicyclic) bond motifs is 1. The molecule has 7 heteroatoms. The lowest BCUT2D eigenvalue weighted by atomic mass is 10.0. The molecule has 130 valence electrons. The molecule has 2 aliphatic heterocycles. The highest BCUT2D eigenvalue weighted by Crippen LogP contribution is 2.32. The lowest BCUT2D eigenvalue weighted by Gasteiger charge is -2.30. The molecule has 2 aliphatic rings. The highest BCUT2D eigenvalue weighted by molar-refractivity contribution is 5.79. The van der Waals surface area contributed by atoms with Gasteiger partial charge in [-0.15, -0.1) is 0 Å². The predicted molar refractivity (Wildman–Crippen MR) is 95.2 cm³/mol. The zero-order valence-corrected chi connectivity index (χ0v) is 14.4. The summed E-state index contributed by atoms with van der Waals surface area (Å²) in [4.78, 5) is 20.2. The second-order valence-electron chi connectivity index (χ2n) is 6.88. The Morgan fingerprint density at radius 1 is 1.24 bits per heavy atom. The molecular formula is C18H21N5O2. The fraction of sp³-hybridized carbons (Fsp3) is 0.444. The molecule has 1 atom stereocenters. The van der Waals surface area contributed by atoms with Crippen molar-refractivity contribution in [2.45, 2.75) is 31.9 Å². The van der Waals surface area contributed by atoms with E-state index < -0.39 is 5.60 Å². The molecule has 0 unspecified atom stereocenters. The van der Waals surface area contributed by atoms with E-state index in [0.29, 0.717) is 24.2 Å². The molecule has 0 bridgehead atoms. The van der Waals surface area contributed by atoms with Gasteiger partial charge in [-0.1, -0.05) is 0 Å². The molecule has 2 aromatic heterocycles. The number of rotatable bonds is 3. The van der Waals surface area contributed by atoms with E-state index in [0.717, 1.165) is 36.6 Å². The van der Waals surface area contributed by atoms with Crippen LogP contribution in [0.5, 0.6) is 0 Å². The Balaban J connectivity index is 1.68. The number of anilines is 1. The van der Waals surface area contributed by atoms with Crippen molar-refractivity contribution in [3.8, 4) is 11.3 Å². The van der Waals surface area contributed by atoms with Gasteiger partial charge in [-0.2, -0.15) is 0 Å². The fourth-order valence-corrected chi connectivity index (χ4v) is 3.09. The van der Waals surface area contributed by atoms with Gasteiger partial charge >= 0.3 is 0 Å². The third-order valence-corrected chi connectivity index (χ3v) is 4.53. The van der Waals surface area contributed by atoms with E-state index in [1.807, 2.05) is 18.3 Å². The van der Waals surface area contributed by atoms with Gasteiger partial charge in [0.2, 0.25) is 0 Å². The summed E-state index contributed by atoms with van der Waals surface area (Å²) in [5.74, 6) is 1.44. The Kier molecular flexibility index (Phi) is 3.97. The van der Waals surface area contributed by atoms with Gasteiger partial charge in [-0.3, -0.25) is 4.98 Å². The number of ether oxygens (including phenoxy) is 1. The summed E-state index contributed by atoms with van der Waals surface area (Å²) in [7, 11) is 0. The highest BCUT2D eigenvalue weighted by Gasteiger charge is 2.28. The maximum Gasteiger partial charge on any atom is 0.195 e. The molecule has 2 aromatic rings. The SMILES string of the molecule is CC(C)(O)c1ccc(-c2cnc3c(n2)N([C@H]2CCOC2)CC=N3)cn1. The summed E-state index contributed by atoms with van der Waals surface area (Å²) in [6, 6.07) is 4.04. The van der Waals surface area contributed by atoms with Crippen LogP contribution in [0.2, 0.25) is 0 Å². The first-order valence-electron chi connectivity index (χ1n) is 8.45. The topological polar surface area (TPSA) is 83.7 Å². The number of nitrogens with zero attached hydrogens (tertiary/aromatic N) is 5. The van der Waals surface area contributed by atoms with Gasteiger partial charge in [0.15, 0.2) is 11.6 Å². The van der Waals surface area contributed by atoms with Crippen LogP contribution in [0.1, 0.15) is 26.0 Å². The Morgan fingerprint density at radius 3 is 2.80 bits per heavy atom. The first kappa shape index (κ1) is 16.1. The standard InChI is InChI=1S/C18H21N5O2/c1-18(2,24)15-4-3-12(9-20-15)14-10-21-16-17(22-14)23(7-6-19-16)13-5-8-25-11-13/h3-4,6,9-10,13,24H,5,7-8,11H2,1-2H3/t13-/m0/s1. The first-order valence-corrected chi connectivity index (χ1v) is 8.45. The van der Waals surface area contributed by atoms with Crippen LogP contribution in [-0.2, 0) is 10.3 Å². The Morgan fingerprint density at radius 2 is 2.12 bits per heavy atom. The number of aliphatic imine (C=N–C) groups is 1. The van der Waals surface area contributed by atoms with Crippen molar-refractivity contribution in [2.24, 2.45) is 4.99 Å². The second kappa shape index (κ2) is 6.16. The molecule has 4 rings (SSSR count). The van der Waals surface area contributed by atoms with Crippen molar-refractivity contribution in [1.29, 1.82) is 0 Å². The quantitative estimate of drug-likeness (QED) is 0.922. The number of aromatic nitrogens is 3. The van der Waals surface area contributed by atoms with E-state index in [1.165, 1.54) is 0 Å². The van der Waals surface area contributed by atoms with Crippen molar-refractivity contribution in [3.63, 3.8) is 0 Å². The first-order chi connectivity index (χ1) is 12.0. The average Bonchev–Trinajstić information content (AvgIpc) is 3.14. The Hall–Kier alpha value is -2.38. The van der Waals surface area contributed by atoms with Crippen molar-refractivity contribution in [1.82, 2.24) is 15.0 Å². The maximum absolute atomic E-state index is 10.0. The zero-order chi connectivity index (χ0) is 17.4. The molecule has 0 aliphatic carbocycles. The van der Waals surface area contributed by atoms with E-state index in [9.17, 15) is 5.11 Å². The Bertz CT molecular complexity index is 792. The fourth-order valence-electron chi connectivity index (χ4n) is 3.09. The third kappa shape index (κ3) is 3.12. The molecule has 1 N–H and O–H groups in total. The zero-order valence-electron chi connectivity index (χ0n) is 14.4. The van der Waals surface area contributed by atoms with E-state index in [4.69, 9.17) is 9.72 Å². The second-order valence-corrected chi connectivity index (χ2v) is 6.88. The smallest absolute Gasteiger partial charge is 0.195 e. The number of aliphatic hydroxyl groups is 1. The van der Waals surface area contributed by atoms with Crippen LogP contribution in [0.25, 0.3) is 11.3 Å². The van der Waals surface area contributed by atoms with Gasteiger partial charge in [0.1, 0.15) is 5.60 Å². The number of pyridine rings is 1. The molecule has 0 saturated carbocycles. The van der Waals surface area contributed by atoms with Crippen LogP contribution in [0.15, 0.2) is 29.5 Å². The minimum atomic E-state index is -0.964. The lowest BCUT2D eigenvalue weighted by molar-refractivity contribution is 0.0739. The van der Waals surface area contributed by atoms with Crippen LogP contribution < -0.4 is 4.90 Å². The summed E-state index contributed by atoms with van der Waals surface area (Å²) in [5, 5.41) is 10.0. The molecule has 0 amide bonds. The Labute approximate surface area is 146 Å².